The van der Waals surface area contributed by atoms with Gasteiger partial charge in [-0.15, -0.1) is 0 Å². The van der Waals surface area contributed by atoms with Crippen LogP contribution >= 0.6 is 0 Å². The summed E-state index contributed by atoms with van der Waals surface area (Å²) >= 11 is 0. The molecule has 0 aromatic carbocycles. The molecule has 16 heavy (non-hydrogen) atoms. The smallest absolute Gasteiger partial charge is 0.145 e. The lowest BCUT2D eigenvalue weighted by atomic mass is 10.4. The molecule has 0 saturated heterocycles. The summed E-state index contributed by atoms with van der Waals surface area (Å²) in [5, 5.41) is 4.29. The lowest BCUT2D eigenvalue weighted by molar-refractivity contribution is 0.284. The second-order valence-corrected chi connectivity index (χ2v) is 4.12. The van der Waals surface area contributed by atoms with Crippen molar-refractivity contribution in [2.75, 3.05) is 31.7 Å². The van der Waals surface area contributed by atoms with Gasteiger partial charge in [0.1, 0.15) is 5.82 Å². The van der Waals surface area contributed by atoms with E-state index in [0.717, 1.165) is 25.5 Å². The summed E-state index contributed by atoms with van der Waals surface area (Å²) in [5.74, 6) is 0.564. The van der Waals surface area contributed by atoms with Crippen molar-refractivity contribution in [1.29, 1.82) is 0 Å². The molecule has 0 bridgehead atoms. The highest BCUT2D eigenvalue weighted by atomic mass is 15.4. The van der Waals surface area contributed by atoms with E-state index in [1.165, 1.54) is 0 Å². The summed E-state index contributed by atoms with van der Waals surface area (Å²) < 4.78 is 1.76. The van der Waals surface area contributed by atoms with Crippen molar-refractivity contribution in [2.24, 2.45) is 0 Å². The molecule has 0 unspecified atom stereocenters. The largest absolute Gasteiger partial charge is 0.394 e. The zero-order valence-electron chi connectivity index (χ0n) is 9.72. The first-order valence-electron chi connectivity index (χ1n) is 5.29. The molecule has 0 radical (unpaired) electrons. The molecule has 4 N–H and O–H groups in total. The summed E-state index contributed by atoms with van der Waals surface area (Å²) in [6.45, 7) is 4.41. The molecule has 1 aliphatic rings. The molecular weight excluding hydrogens is 204 g/mol. The van der Waals surface area contributed by atoms with Crippen LogP contribution in [0.3, 0.4) is 0 Å². The quantitative estimate of drug-likeness (QED) is 0.754. The van der Waals surface area contributed by atoms with Gasteiger partial charge in [-0.2, -0.15) is 5.10 Å². The predicted octanol–water partition coefficient (Wildman–Crippen LogP) is 0.0320. The van der Waals surface area contributed by atoms with Gasteiger partial charge in [0, 0.05) is 26.0 Å². The number of nitrogens with zero attached hydrogens (tertiary/aromatic N) is 4. The highest BCUT2D eigenvalue weighted by Crippen LogP contribution is 2.18. The van der Waals surface area contributed by atoms with Gasteiger partial charge in [-0.1, -0.05) is 0 Å². The minimum atomic E-state index is 0.564. The van der Waals surface area contributed by atoms with Gasteiger partial charge in [0.25, 0.3) is 0 Å². The zero-order chi connectivity index (χ0) is 11.7. The van der Waals surface area contributed by atoms with E-state index in [4.69, 9.17) is 11.5 Å². The zero-order valence-corrected chi connectivity index (χ0v) is 9.72. The fourth-order valence-electron chi connectivity index (χ4n) is 1.74. The van der Waals surface area contributed by atoms with Gasteiger partial charge in [-0.3, -0.25) is 0 Å². The Labute approximate surface area is 95.1 Å². The van der Waals surface area contributed by atoms with Crippen molar-refractivity contribution in [3.63, 3.8) is 0 Å². The highest BCUT2D eigenvalue weighted by Gasteiger charge is 2.11. The van der Waals surface area contributed by atoms with Gasteiger partial charge < -0.3 is 21.3 Å². The number of hydrogen-bond acceptors (Lipinski definition) is 5. The van der Waals surface area contributed by atoms with E-state index in [9.17, 15) is 0 Å². The van der Waals surface area contributed by atoms with Crippen molar-refractivity contribution >= 4 is 11.5 Å². The van der Waals surface area contributed by atoms with E-state index in [0.29, 0.717) is 11.5 Å². The van der Waals surface area contributed by atoms with Gasteiger partial charge in [0.2, 0.25) is 0 Å². The predicted molar refractivity (Wildman–Crippen MR) is 64.3 cm³/mol. The van der Waals surface area contributed by atoms with Gasteiger partial charge in [0.05, 0.1) is 24.6 Å². The van der Waals surface area contributed by atoms with Crippen LogP contribution in [0.5, 0.6) is 0 Å². The average Bonchev–Trinajstić information content (AvgIpc) is 2.76. The minimum Gasteiger partial charge on any atom is -0.394 e. The van der Waals surface area contributed by atoms with Crippen LogP contribution in [0.25, 0.3) is 0 Å². The topological polar surface area (TPSA) is 76.3 Å². The van der Waals surface area contributed by atoms with Crippen LogP contribution in [0.2, 0.25) is 0 Å². The third-order valence-electron chi connectivity index (χ3n) is 2.75. The van der Waals surface area contributed by atoms with Gasteiger partial charge in [0.15, 0.2) is 0 Å². The Hall–Kier alpha value is -1.85. The number of anilines is 2. The van der Waals surface area contributed by atoms with E-state index >= 15 is 0 Å². The van der Waals surface area contributed by atoms with Crippen LogP contribution in [0.15, 0.2) is 12.4 Å². The normalized spacial score (nSPS) is 15.1. The number of nitrogens with two attached hydrogens (primary N) is 2. The van der Waals surface area contributed by atoms with Gasteiger partial charge >= 0.3 is 0 Å². The first-order valence-corrected chi connectivity index (χ1v) is 5.29. The Kier molecular flexibility index (Phi) is 2.64. The van der Waals surface area contributed by atoms with Crippen LogP contribution in [-0.4, -0.2) is 39.8 Å². The van der Waals surface area contributed by atoms with Crippen LogP contribution in [-0.2, 0) is 6.54 Å². The first-order chi connectivity index (χ1) is 7.58. The van der Waals surface area contributed by atoms with Crippen molar-refractivity contribution in [3.8, 4) is 0 Å². The summed E-state index contributed by atoms with van der Waals surface area (Å²) in [7, 11) is 2.04. The Morgan fingerprint density at radius 3 is 2.56 bits per heavy atom. The van der Waals surface area contributed by atoms with Crippen molar-refractivity contribution in [2.45, 2.75) is 13.5 Å². The average molecular weight is 222 g/mol. The molecule has 1 aromatic rings. The van der Waals surface area contributed by atoms with Gasteiger partial charge in [-0.05, 0) is 6.92 Å². The second kappa shape index (κ2) is 3.96. The van der Waals surface area contributed by atoms with Crippen LogP contribution in [0.1, 0.15) is 5.69 Å². The van der Waals surface area contributed by atoms with E-state index < -0.39 is 0 Å². The summed E-state index contributed by atoms with van der Waals surface area (Å²) in [6, 6.07) is 0. The number of nitrogen functional groups attached to an aromatic ring is 2. The molecular formula is C10H18N6. The maximum Gasteiger partial charge on any atom is 0.145 e. The molecule has 0 fully saturated rings. The molecule has 1 aromatic heterocycles. The molecule has 6 heteroatoms. The molecule has 0 aliphatic carbocycles. The van der Waals surface area contributed by atoms with Crippen molar-refractivity contribution in [1.82, 2.24) is 19.6 Å². The van der Waals surface area contributed by atoms with E-state index in [2.05, 4.69) is 21.1 Å². The summed E-state index contributed by atoms with van der Waals surface area (Å²) in [5.41, 5.74) is 13.0. The maximum atomic E-state index is 5.84. The molecule has 2 rings (SSSR count). The second-order valence-electron chi connectivity index (χ2n) is 4.12. The van der Waals surface area contributed by atoms with E-state index in [-0.39, 0.29) is 0 Å². The number of aromatic nitrogens is 2. The SMILES string of the molecule is Cc1nn(CCN2C=CN(C)C2)c(N)c1N. The lowest BCUT2D eigenvalue weighted by Gasteiger charge is -2.18. The molecule has 88 valence electrons. The van der Waals surface area contributed by atoms with Crippen LogP contribution in [0, 0.1) is 6.92 Å². The molecule has 6 nitrogen and oxygen atoms in total. The number of hydrogen-bond donors (Lipinski definition) is 2. The third-order valence-corrected chi connectivity index (χ3v) is 2.75. The highest BCUT2D eigenvalue weighted by molar-refractivity contribution is 5.61. The molecule has 0 spiro atoms. The lowest BCUT2D eigenvalue weighted by Crippen LogP contribution is -2.26. The Balaban J connectivity index is 1.95. The Bertz CT molecular complexity index is 408. The molecule has 1 aliphatic heterocycles. The molecule has 0 atom stereocenters. The van der Waals surface area contributed by atoms with Crippen molar-refractivity contribution in [3.05, 3.63) is 18.1 Å². The molecule has 2 heterocycles. The minimum absolute atomic E-state index is 0.564. The number of rotatable bonds is 3. The fraction of sp³-hybridized carbons (Fsp3) is 0.500. The van der Waals surface area contributed by atoms with E-state index in [1.807, 2.05) is 20.2 Å². The molecule has 0 amide bonds. The van der Waals surface area contributed by atoms with Crippen LogP contribution in [0.4, 0.5) is 11.5 Å². The first kappa shape index (κ1) is 10.7. The van der Waals surface area contributed by atoms with Crippen LogP contribution < -0.4 is 11.5 Å². The summed E-state index contributed by atoms with van der Waals surface area (Å²) in [4.78, 5) is 4.32. The van der Waals surface area contributed by atoms with Crippen molar-refractivity contribution < 1.29 is 0 Å². The van der Waals surface area contributed by atoms with Gasteiger partial charge in [-0.25, -0.2) is 4.68 Å². The fourth-order valence-corrected chi connectivity index (χ4v) is 1.74. The Morgan fingerprint density at radius 1 is 1.31 bits per heavy atom. The maximum absolute atomic E-state index is 5.84. The monoisotopic (exact) mass is 222 g/mol. The number of aryl methyl sites for hydroxylation is 1. The molecule has 0 saturated carbocycles. The summed E-state index contributed by atoms with van der Waals surface area (Å²) in [6.07, 6.45) is 4.11. The third kappa shape index (κ3) is 1.91. The standard InChI is InChI=1S/C10H18N6/c1-8-9(11)10(12)16(13-8)6-5-15-4-3-14(2)7-15/h3-4H,5-7,11-12H2,1-2H3. The Morgan fingerprint density at radius 2 is 2.06 bits per heavy atom. The van der Waals surface area contributed by atoms with E-state index in [1.54, 1.807) is 4.68 Å².